The molecule has 8 heteroatoms. The summed E-state index contributed by atoms with van der Waals surface area (Å²) in [6, 6.07) is 16.1. The molecule has 0 bridgehead atoms. The zero-order valence-corrected chi connectivity index (χ0v) is 21.2. The molecule has 0 aliphatic carbocycles. The van der Waals surface area contributed by atoms with Crippen molar-refractivity contribution in [2.24, 2.45) is 0 Å². The zero-order valence-electron chi connectivity index (χ0n) is 21.2. The van der Waals surface area contributed by atoms with Crippen molar-refractivity contribution in [1.82, 2.24) is 20.1 Å². The lowest BCUT2D eigenvalue weighted by atomic mass is 9.96. The van der Waals surface area contributed by atoms with Crippen molar-refractivity contribution in [2.75, 3.05) is 13.7 Å². The van der Waals surface area contributed by atoms with Crippen molar-refractivity contribution >= 4 is 0 Å². The van der Waals surface area contributed by atoms with Gasteiger partial charge in [0, 0.05) is 24.7 Å². The summed E-state index contributed by atoms with van der Waals surface area (Å²) in [5.74, 6) is 1.17. The Hall–Kier alpha value is -3.78. The third kappa shape index (κ3) is 6.07. The molecule has 4 rings (SSSR count). The Labute approximate surface area is 210 Å². The Morgan fingerprint density at radius 1 is 1.06 bits per heavy atom. The van der Waals surface area contributed by atoms with Crippen LogP contribution < -0.4 is 10.5 Å². The third-order valence-corrected chi connectivity index (χ3v) is 6.06. The Kier molecular flexibility index (Phi) is 8.28. The molecule has 188 valence electrons. The molecule has 4 aromatic rings. The van der Waals surface area contributed by atoms with Crippen LogP contribution in [0.3, 0.4) is 0 Å². The van der Waals surface area contributed by atoms with Crippen LogP contribution in [0.4, 0.5) is 0 Å². The van der Waals surface area contributed by atoms with Crippen LogP contribution in [0.2, 0.25) is 0 Å². The van der Waals surface area contributed by atoms with Gasteiger partial charge in [-0.05, 0) is 43.4 Å². The number of nitrogens with zero attached hydrogens (tertiary/aromatic N) is 3. The van der Waals surface area contributed by atoms with Gasteiger partial charge in [-0.15, -0.1) is 0 Å². The molecule has 0 aliphatic rings. The molecule has 2 heterocycles. The summed E-state index contributed by atoms with van der Waals surface area (Å²) in [4.78, 5) is 23.5. The maximum atomic E-state index is 11.5. The van der Waals surface area contributed by atoms with Gasteiger partial charge in [0.2, 0.25) is 5.88 Å². The highest BCUT2D eigenvalue weighted by molar-refractivity contribution is 5.80. The number of ether oxygens (including phenoxy) is 2. The average Bonchev–Trinajstić information content (AvgIpc) is 3.33. The number of H-pyrrole nitrogens is 1. The number of aromatic amines is 1. The van der Waals surface area contributed by atoms with Gasteiger partial charge >= 0.3 is 5.76 Å². The number of aromatic nitrogens is 4. The first-order chi connectivity index (χ1) is 17.5. The number of benzene rings is 2. The Morgan fingerprint density at radius 2 is 1.81 bits per heavy atom. The van der Waals surface area contributed by atoms with E-state index in [9.17, 15) is 4.79 Å². The second-order valence-electron chi connectivity index (χ2n) is 8.83. The molecule has 0 fully saturated rings. The van der Waals surface area contributed by atoms with E-state index in [4.69, 9.17) is 19.0 Å². The molecule has 0 saturated heterocycles. The van der Waals surface area contributed by atoms with Crippen LogP contribution in [0.1, 0.15) is 49.3 Å². The van der Waals surface area contributed by atoms with Gasteiger partial charge < -0.3 is 9.47 Å². The van der Waals surface area contributed by atoms with E-state index < -0.39 is 5.76 Å². The van der Waals surface area contributed by atoms with Gasteiger partial charge in [-0.3, -0.25) is 9.51 Å². The zero-order chi connectivity index (χ0) is 25.5. The summed E-state index contributed by atoms with van der Waals surface area (Å²) >= 11 is 0. The van der Waals surface area contributed by atoms with Gasteiger partial charge in [0.1, 0.15) is 12.4 Å². The number of hydrogen-bond donors (Lipinski definition) is 1. The van der Waals surface area contributed by atoms with Crippen LogP contribution in [-0.2, 0) is 17.6 Å². The number of rotatable bonds is 11. The second-order valence-corrected chi connectivity index (χ2v) is 8.83. The van der Waals surface area contributed by atoms with Crippen molar-refractivity contribution in [2.45, 2.75) is 52.6 Å². The van der Waals surface area contributed by atoms with E-state index in [1.165, 1.54) is 0 Å². The number of unbranched alkanes of at least 4 members (excludes halogenated alkanes) is 1. The molecular formula is C28H32N4O4. The van der Waals surface area contributed by atoms with Gasteiger partial charge in [0.15, 0.2) is 5.82 Å². The fraction of sp³-hybridized carbons (Fsp3) is 0.357. The molecule has 1 unspecified atom stereocenters. The summed E-state index contributed by atoms with van der Waals surface area (Å²) < 4.78 is 16.2. The van der Waals surface area contributed by atoms with Gasteiger partial charge in [-0.1, -0.05) is 67.0 Å². The first-order valence-electron chi connectivity index (χ1n) is 12.2. The standard InChI is InChI=1S/C28H32N4O4/c1-5-6-11-25-24(27(30-19(3)29-25)35-17-18(2)34-4)16-20-12-14-21(15-13-20)22-9-7-8-10-23(22)26-31-28(33)36-32-26/h7-10,12-15,18H,5-6,11,16-17H2,1-4H3,(H,31,32,33). The van der Waals surface area contributed by atoms with Crippen LogP contribution in [0.5, 0.6) is 5.88 Å². The fourth-order valence-corrected chi connectivity index (χ4v) is 4.03. The van der Waals surface area contributed by atoms with Crippen molar-refractivity contribution in [3.05, 3.63) is 81.7 Å². The molecule has 0 amide bonds. The Morgan fingerprint density at radius 3 is 2.47 bits per heavy atom. The molecule has 2 aromatic heterocycles. The van der Waals surface area contributed by atoms with Crippen molar-refractivity contribution in [3.63, 3.8) is 0 Å². The summed E-state index contributed by atoms with van der Waals surface area (Å²) in [7, 11) is 1.67. The van der Waals surface area contributed by atoms with Gasteiger partial charge in [-0.2, -0.15) is 4.98 Å². The lowest BCUT2D eigenvalue weighted by Crippen LogP contribution is -2.18. The van der Waals surface area contributed by atoms with Crippen LogP contribution in [0.25, 0.3) is 22.5 Å². The number of nitrogens with one attached hydrogen (secondary N) is 1. The third-order valence-electron chi connectivity index (χ3n) is 6.06. The quantitative estimate of drug-likeness (QED) is 0.312. The minimum absolute atomic E-state index is 0.0359. The SMILES string of the molecule is CCCCc1nc(C)nc(OCC(C)OC)c1Cc1ccc(-c2ccccc2-c2noc(=O)[nH]2)cc1. The maximum Gasteiger partial charge on any atom is 0.439 e. The lowest BCUT2D eigenvalue weighted by Gasteiger charge is -2.17. The van der Waals surface area contributed by atoms with Gasteiger partial charge in [0.25, 0.3) is 0 Å². The van der Waals surface area contributed by atoms with E-state index in [0.717, 1.165) is 52.8 Å². The largest absolute Gasteiger partial charge is 0.475 e. The number of methoxy groups -OCH3 is 1. The molecule has 0 spiro atoms. The topological polar surface area (TPSA) is 103 Å². The van der Waals surface area contributed by atoms with Crippen molar-refractivity contribution in [1.29, 1.82) is 0 Å². The molecule has 0 aliphatic heterocycles. The van der Waals surface area contributed by atoms with E-state index in [1.54, 1.807) is 7.11 Å². The molecule has 0 saturated carbocycles. The molecule has 0 radical (unpaired) electrons. The first kappa shape index (κ1) is 25.3. The Balaban J connectivity index is 1.64. The molecule has 2 aromatic carbocycles. The lowest BCUT2D eigenvalue weighted by molar-refractivity contribution is 0.0694. The predicted molar refractivity (Wildman–Crippen MR) is 138 cm³/mol. The summed E-state index contributed by atoms with van der Waals surface area (Å²) in [5.41, 5.74) is 5.94. The number of aryl methyl sites for hydroxylation is 2. The monoisotopic (exact) mass is 488 g/mol. The highest BCUT2D eigenvalue weighted by atomic mass is 16.5. The molecular weight excluding hydrogens is 456 g/mol. The smallest absolute Gasteiger partial charge is 0.439 e. The van der Waals surface area contributed by atoms with Crippen LogP contribution in [-0.4, -0.2) is 39.9 Å². The Bertz CT molecular complexity index is 1340. The highest BCUT2D eigenvalue weighted by Crippen LogP contribution is 2.31. The van der Waals surface area contributed by atoms with Crippen molar-refractivity contribution < 1.29 is 14.0 Å². The fourth-order valence-electron chi connectivity index (χ4n) is 4.03. The summed E-state index contributed by atoms with van der Waals surface area (Å²) in [6.07, 6.45) is 3.65. The summed E-state index contributed by atoms with van der Waals surface area (Å²) in [6.45, 7) is 6.47. The van der Waals surface area contributed by atoms with E-state index in [0.29, 0.717) is 30.6 Å². The normalized spacial score (nSPS) is 12.0. The van der Waals surface area contributed by atoms with Gasteiger partial charge in [0.05, 0.1) is 11.8 Å². The van der Waals surface area contributed by atoms with E-state index in [2.05, 4.69) is 46.3 Å². The minimum atomic E-state index is -0.577. The second kappa shape index (κ2) is 11.8. The summed E-state index contributed by atoms with van der Waals surface area (Å²) in [5, 5.41) is 3.85. The molecule has 1 atom stereocenters. The average molecular weight is 489 g/mol. The van der Waals surface area contributed by atoms with E-state index >= 15 is 0 Å². The predicted octanol–water partition coefficient (Wildman–Crippen LogP) is 5.14. The molecule has 8 nitrogen and oxygen atoms in total. The van der Waals surface area contributed by atoms with Crippen LogP contribution in [0, 0.1) is 6.92 Å². The van der Waals surface area contributed by atoms with Crippen LogP contribution in [0.15, 0.2) is 57.8 Å². The molecule has 36 heavy (non-hydrogen) atoms. The first-order valence-corrected chi connectivity index (χ1v) is 12.2. The van der Waals surface area contributed by atoms with Gasteiger partial charge in [-0.25, -0.2) is 9.78 Å². The van der Waals surface area contributed by atoms with Crippen LogP contribution >= 0.6 is 0 Å². The number of hydrogen-bond acceptors (Lipinski definition) is 7. The van der Waals surface area contributed by atoms with E-state index in [1.807, 2.05) is 38.1 Å². The van der Waals surface area contributed by atoms with E-state index in [-0.39, 0.29) is 6.10 Å². The maximum absolute atomic E-state index is 11.5. The molecule has 1 N–H and O–H groups in total. The highest BCUT2D eigenvalue weighted by Gasteiger charge is 2.17. The minimum Gasteiger partial charge on any atom is -0.475 e. The van der Waals surface area contributed by atoms with Crippen molar-refractivity contribution in [3.8, 4) is 28.4 Å².